The van der Waals surface area contributed by atoms with Gasteiger partial charge in [-0.15, -0.1) is 0 Å². The van der Waals surface area contributed by atoms with Crippen molar-refractivity contribution in [1.29, 1.82) is 0 Å². The van der Waals surface area contributed by atoms with Gasteiger partial charge in [0.25, 0.3) is 5.91 Å². The van der Waals surface area contributed by atoms with E-state index >= 15 is 0 Å². The smallest absolute Gasteiger partial charge is 0.330 e. The Labute approximate surface area is 279 Å². The maximum atomic E-state index is 13.7. The number of aliphatic hydroxyl groups is 1. The third-order valence-electron chi connectivity index (χ3n) is 8.43. The first kappa shape index (κ1) is 38.3. The quantitative estimate of drug-likeness (QED) is 0.148. The third-order valence-corrected chi connectivity index (χ3v) is 8.43. The van der Waals surface area contributed by atoms with Crippen molar-refractivity contribution >= 4 is 47.7 Å². The molecule has 0 spiro atoms. The number of esters is 1. The summed E-state index contributed by atoms with van der Waals surface area (Å²) in [7, 11) is 0. The average Bonchev–Trinajstić information content (AvgIpc) is 3.04. The molecule has 2 saturated heterocycles. The molecule has 7 atom stereocenters. The lowest BCUT2D eigenvalue weighted by molar-refractivity contribution is -0.162. The van der Waals surface area contributed by atoms with Crippen molar-refractivity contribution in [2.75, 3.05) is 13.2 Å². The number of nitrogens with zero attached hydrogens (tertiary/aromatic N) is 3. The molecule has 0 aromatic heterocycles. The maximum absolute atomic E-state index is 13.7. The van der Waals surface area contributed by atoms with Crippen LogP contribution in [0.15, 0.2) is 5.10 Å². The lowest BCUT2D eigenvalue weighted by Gasteiger charge is -2.36. The molecule has 0 unspecified atom stereocenters. The zero-order chi connectivity index (χ0) is 35.5. The number of hydrazone groups is 1. The van der Waals surface area contributed by atoms with E-state index < -0.39 is 96.7 Å². The highest BCUT2D eigenvalue weighted by molar-refractivity contribution is 5.97. The number of cyclic esters (lactones) is 1. The molecule has 17 heteroatoms. The van der Waals surface area contributed by atoms with E-state index in [2.05, 4.69) is 26.5 Å². The van der Waals surface area contributed by atoms with Gasteiger partial charge in [0.05, 0.1) is 12.0 Å². The average molecular weight is 680 g/mol. The summed E-state index contributed by atoms with van der Waals surface area (Å²) in [5.41, 5.74) is 2.89. The van der Waals surface area contributed by atoms with E-state index in [4.69, 9.17) is 4.74 Å². The SMILES string of the molecule is CC(C)C[C@H]1NC(=O)[C@@H](NC(=O)[C@@H]2CCC=NN2C(=O)C[C@@H](CCC[C@H](C)O)C(=O)O)COC(=O)[C@H]2CCCNN2C(=O)[C@H](C)NC1=O. The van der Waals surface area contributed by atoms with Crippen molar-refractivity contribution in [1.82, 2.24) is 31.4 Å². The number of hydrogen-bond acceptors (Lipinski definition) is 11. The fourth-order valence-corrected chi connectivity index (χ4v) is 5.80. The first-order valence-electron chi connectivity index (χ1n) is 16.6. The summed E-state index contributed by atoms with van der Waals surface area (Å²) in [5, 5.41) is 33.1. The van der Waals surface area contributed by atoms with Crippen LogP contribution in [0.4, 0.5) is 0 Å². The van der Waals surface area contributed by atoms with Crippen LogP contribution in [0, 0.1) is 11.8 Å². The number of carbonyl (C=O) groups is 7. The van der Waals surface area contributed by atoms with Gasteiger partial charge in [-0.2, -0.15) is 5.10 Å². The molecule has 0 aliphatic carbocycles. The summed E-state index contributed by atoms with van der Waals surface area (Å²) < 4.78 is 5.48. The molecule has 0 radical (unpaired) electrons. The van der Waals surface area contributed by atoms with Gasteiger partial charge >= 0.3 is 11.9 Å². The molecule has 48 heavy (non-hydrogen) atoms. The number of fused-ring (bicyclic) bond motifs is 1. The van der Waals surface area contributed by atoms with Crippen molar-refractivity contribution in [2.24, 2.45) is 16.9 Å². The van der Waals surface area contributed by atoms with E-state index in [9.17, 15) is 43.8 Å². The Bertz CT molecular complexity index is 1240. The van der Waals surface area contributed by atoms with E-state index in [0.717, 1.165) is 10.0 Å². The number of aliphatic carboxylic acids is 1. The van der Waals surface area contributed by atoms with Gasteiger partial charge in [-0.3, -0.25) is 33.8 Å². The minimum absolute atomic E-state index is 0.0527. The molecule has 3 heterocycles. The van der Waals surface area contributed by atoms with Gasteiger partial charge < -0.3 is 30.9 Å². The van der Waals surface area contributed by atoms with Gasteiger partial charge in [-0.25, -0.2) is 15.2 Å². The minimum Gasteiger partial charge on any atom is -0.481 e. The molecule has 17 nitrogen and oxygen atoms in total. The Hall–Kier alpha value is -4.12. The summed E-state index contributed by atoms with van der Waals surface area (Å²) in [5.74, 6) is -6.63. The molecular weight excluding hydrogens is 630 g/mol. The largest absolute Gasteiger partial charge is 0.481 e. The van der Waals surface area contributed by atoms with Crippen molar-refractivity contribution in [3.8, 4) is 0 Å². The van der Waals surface area contributed by atoms with Crippen molar-refractivity contribution in [3.63, 3.8) is 0 Å². The summed E-state index contributed by atoms with van der Waals surface area (Å²) >= 11 is 0. The molecule has 0 bridgehead atoms. The van der Waals surface area contributed by atoms with Gasteiger partial charge in [0, 0.05) is 19.2 Å². The molecular formula is C31H49N7O10. The molecule has 268 valence electrons. The number of amides is 5. The van der Waals surface area contributed by atoms with Crippen molar-refractivity contribution in [2.45, 2.75) is 122 Å². The zero-order valence-electron chi connectivity index (χ0n) is 28.0. The van der Waals surface area contributed by atoms with Crippen LogP contribution in [0.2, 0.25) is 0 Å². The molecule has 3 aliphatic rings. The molecule has 6 N–H and O–H groups in total. The lowest BCUT2D eigenvalue weighted by Crippen LogP contribution is -2.61. The Balaban J connectivity index is 1.83. The number of carboxylic acid groups (broad SMARTS) is 1. The Kier molecular flexibility index (Phi) is 14.3. The zero-order valence-corrected chi connectivity index (χ0v) is 28.0. The van der Waals surface area contributed by atoms with Gasteiger partial charge in [0.2, 0.25) is 23.6 Å². The highest BCUT2D eigenvalue weighted by Crippen LogP contribution is 2.21. The third kappa shape index (κ3) is 10.7. The molecule has 0 aromatic rings. The highest BCUT2D eigenvalue weighted by Gasteiger charge is 2.40. The molecule has 0 saturated carbocycles. The predicted molar refractivity (Wildman–Crippen MR) is 169 cm³/mol. The highest BCUT2D eigenvalue weighted by atomic mass is 16.5. The molecule has 3 rings (SSSR count). The van der Waals surface area contributed by atoms with Gasteiger partial charge in [0.1, 0.15) is 36.8 Å². The second-order valence-electron chi connectivity index (χ2n) is 13.0. The van der Waals surface area contributed by atoms with Crippen LogP contribution in [0.1, 0.15) is 85.5 Å². The van der Waals surface area contributed by atoms with E-state index in [-0.39, 0.29) is 31.6 Å². The molecule has 3 aliphatic heterocycles. The van der Waals surface area contributed by atoms with Crippen LogP contribution in [0.3, 0.4) is 0 Å². The van der Waals surface area contributed by atoms with Crippen molar-refractivity contribution in [3.05, 3.63) is 0 Å². The van der Waals surface area contributed by atoms with Gasteiger partial charge in [-0.05, 0) is 64.7 Å². The number of carboxylic acids is 1. The van der Waals surface area contributed by atoms with Gasteiger partial charge in [-0.1, -0.05) is 20.3 Å². The number of rotatable bonds is 11. The fraction of sp³-hybridized carbons (Fsp3) is 0.742. The first-order chi connectivity index (χ1) is 22.7. The minimum atomic E-state index is -1.49. The number of hydrazine groups is 1. The Morgan fingerprint density at radius 1 is 1.08 bits per heavy atom. The van der Waals surface area contributed by atoms with E-state index in [1.54, 1.807) is 6.92 Å². The summed E-state index contributed by atoms with van der Waals surface area (Å²) in [4.78, 5) is 92.1. The van der Waals surface area contributed by atoms with Crippen LogP contribution in [-0.2, 0) is 38.3 Å². The monoisotopic (exact) mass is 679 g/mol. The standard InChI is InChI=1S/C31H49N7O10/c1-17(2)14-21-26(41)34-19(4)29(44)38-24(11-7-13-33-38)31(47)48-16-22(27(42)35-21)36-28(43)23-10-6-12-32-37(23)25(40)15-20(30(45)46)9-5-8-18(3)39/h12,17-24,33,39H,5-11,13-16H2,1-4H3,(H,34,41)(H,35,42)(H,36,43)(H,45,46)/t18-,19-,20+,21+,22-,23-,24+/m0/s1. The second kappa shape index (κ2) is 17.9. The number of hydrogen-bond donors (Lipinski definition) is 6. The maximum Gasteiger partial charge on any atom is 0.330 e. The second-order valence-corrected chi connectivity index (χ2v) is 13.0. The first-order valence-corrected chi connectivity index (χ1v) is 16.6. The molecule has 5 amide bonds. The lowest BCUT2D eigenvalue weighted by atomic mass is 9.96. The molecule has 0 aromatic carbocycles. The topological polar surface area (TPSA) is 236 Å². The van der Waals surface area contributed by atoms with Crippen LogP contribution in [0.5, 0.6) is 0 Å². The van der Waals surface area contributed by atoms with Crippen LogP contribution in [0.25, 0.3) is 0 Å². The summed E-state index contributed by atoms with van der Waals surface area (Å²) in [6, 6.07) is -5.85. The summed E-state index contributed by atoms with van der Waals surface area (Å²) in [6.07, 6.45) is 2.71. The number of ether oxygens (including phenoxy) is 1. The predicted octanol–water partition coefficient (Wildman–Crippen LogP) is -0.822. The van der Waals surface area contributed by atoms with Crippen LogP contribution in [-0.4, -0.2) is 117 Å². The normalized spacial score (nSPS) is 26.9. The number of aliphatic hydroxyl groups excluding tert-OH is 1. The van der Waals surface area contributed by atoms with Gasteiger partial charge in [0.15, 0.2) is 0 Å². The van der Waals surface area contributed by atoms with Crippen molar-refractivity contribution < 1.29 is 48.5 Å². The number of nitrogens with one attached hydrogen (secondary N) is 4. The van der Waals surface area contributed by atoms with E-state index in [0.29, 0.717) is 32.2 Å². The van der Waals surface area contributed by atoms with E-state index in [1.807, 2.05) is 13.8 Å². The Morgan fingerprint density at radius 3 is 2.48 bits per heavy atom. The van der Waals surface area contributed by atoms with Crippen LogP contribution >= 0.6 is 0 Å². The Morgan fingerprint density at radius 2 is 1.81 bits per heavy atom. The molecule has 2 fully saturated rings. The van der Waals surface area contributed by atoms with Crippen LogP contribution < -0.4 is 21.4 Å². The fourth-order valence-electron chi connectivity index (χ4n) is 5.80. The summed E-state index contributed by atoms with van der Waals surface area (Å²) in [6.45, 7) is 6.53. The van der Waals surface area contributed by atoms with E-state index in [1.165, 1.54) is 13.1 Å². The number of carbonyl (C=O) groups excluding carboxylic acids is 6.